The van der Waals surface area contributed by atoms with Crippen LogP contribution in [0.5, 0.6) is 0 Å². The molecule has 0 bridgehead atoms. The summed E-state index contributed by atoms with van der Waals surface area (Å²) in [5.74, 6) is 0. The van der Waals surface area contributed by atoms with Gasteiger partial charge in [-0.2, -0.15) is 0 Å². The Hall–Kier alpha value is -1.27. The molecule has 92 valence electrons. The van der Waals surface area contributed by atoms with Gasteiger partial charge in [-0.05, 0) is 18.2 Å². The summed E-state index contributed by atoms with van der Waals surface area (Å²) in [5.41, 5.74) is 6.98. The van der Waals surface area contributed by atoms with E-state index in [4.69, 9.17) is 10.5 Å². The van der Waals surface area contributed by atoms with Crippen molar-refractivity contribution in [3.05, 3.63) is 22.7 Å². The Morgan fingerprint density at radius 3 is 2.76 bits per heavy atom. The fraction of sp³-hybridized carbons (Fsp3) is 0.364. The van der Waals surface area contributed by atoms with Crippen molar-refractivity contribution in [3.63, 3.8) is 0 Å². The number of morpholine rings is 1. The molecule has 0 aromatic heterocycles. The van der Waals surface area contributed by atoms with Crippen molar-refractivity contribution in [3.8, 4) is 0 Å². The number of benzene rings is 1. The van der Waals surface area contributed by atoms with Gasteiger partial charge in [0.1, 0.15) is 0 Å². The number of carbonyl (C=O) groups is 1. The van der Waals surface area contributed by atoms with E-state index in [-0.39, 0.29) is 6.03 Å². The van der Waals surface area contributed by atoms with Crippen LogP contribution in [0.25, 0.3) is 0 Å². The molecule has 1 aliphatic heterocycles. The molecule has 0 aliphatic carbocycles. The maximum Gasteiger partial charge on any atom is 0.322 e. The summed E-state index contributed by atoms with van der Waals surface area (Å²) >= 11 is 3.32. The van der Waals surface area contributed by atoms with Crippen molar-refractivity contribution in [1.82, 2.24) is 4.90 Å². The highest BCUT2D eigenvalue weighted by Crippen LogP contribution is 2.23. The lowest BCUT2D eigenvalue weighted by atomic mass is 10.3. The lowest BCUT2D eigenvalue weighted by molar-refractivity contribution is 0.0564. The quantitative estimate of drug-likeness (QED) is 0.778. The summed E-state index contributed by atoms with van der Waals surface area (Å²) in [6, 6.07) is 5.24. The zero-order valence-electron chi connectivity index (χ0n) is 9.28. The highest BCUT2D eigenvalue weighted by molar-refractivity contribution is 9.10. The molecule has 6 heteroatoms. The molecule has 1 aromatic carbocycles. The lowest BCUT2D eigenvalue weighted by Gasteiger charge is -2.27. The van der Waals surface area contributed by atoms with Gasteiger partial charge < -0.3 is 20.7 Å². The van der Waals surface area contributed by atoms with Gasteiger partial charge in [0.25, 0.3) is 0 Å². The van der Waals surface area contributed by atoms with Crippen LogP contribution in [0.3, 0.4) is 0 Å². The molecule has 5 nitrogen and oxygen atoms in total. The van der Waals surface area contributed by atoms with E-state index in [0.717, 1.165) is 4.47 Å². The Morgan fingerprint density at radius 2 is 2.12 bits per heavy atom. The number of amides is 2. The number of nitrogens with one attached hydrogen (secondary N) is 1. The van der Waals surface area contributed by atoms with Crippen molar-refractivity contribution in [2.75, 3.05) is 37.4 Å². The fourth-order valence-electron chi connectivity index (χ4n) is 1.61. The summed E-state index contributed by atoms with van der Waals surface area (Å²) in [4.78, 5) is 13.6. The molecule has 0 saturated carbocycles. The number of anilines is 2. The molecule has 0 unspecified atom stereocenters. The first-order chi connectivity index (χ1) is 8.16. The maximum atomic E-state index is 11.9. The Morgan fingerprint density at radius 1 is 1.41 bits per heavy atom. The molecule has 17 heavy (non-hydrogen) atoms. The molecule has 0 atom stereocenters. The summed E-state index contributed by atoms with van der Waals surface area (Å²) in [6.07, 6.45) is 0. The van der Waals surface area contributed by atoms with E-state index in [9.17, 15) is 4.79 Å². The standard InChI is InChI=1S/C11H14BrN3O2/c12-8-1-2-10(9(13)7-8)14-11(16)15-3-5-17-6-4-15/h1-2,7H,3-6,13H2,(H,14,16). The third kappa shape index (κ3) is 3.10. The third-order valence-electron chi connectivity index (χ3n) is 2.55. The predicted molar refractivity (Wildman–Crippen MR) is 70.0 cm³/mol. The molecule has 3 N–H and O–H groups in total. The number of nitrogen functional groups attached to an aromatic ring is 1. The van der Waals surface area contributed by atoms with E-state index >= 15 is 0 Å². The van der Waals surface area contributed by atoms with Crippen LogP contribution in [0.15, 0.2) is 22.7 Å². The van der Waals surface area contributed by atoms with E-state index in [0.29, 0.717) is 37.7 Å². The van der Waals surface area contributed by atoms with Crippen LogP contribution in [0, 0.1) is 0 Å². The summed E-state index contributed by atoms with van der Waals surface area (Å²) in [5, 5.41) is 2.79. The third-order valence-corrected chi connectivity index (χ3v) is 3.05. The van der Waals surface area contributed by atoms with Gasteiger partial charge in [0.2, 0.25) is 0 Å². The first-order valence-electron chi connectivity index (χ1n) is 5.35. The second kappa shape index (κ2) is 5.37. The van der Waals surface area contributed by atoms with Crippen molar-refractivity contribution in [2.45, 2.75) is 0 Å². The number of nitrogens with two attached hydrogens (primary N) is 1. The molecule has 2 amide bonds. The van der Waals surface area contributed by atoms with Gasteiger partial charge in [-0.25, -0.2) is 4.79 Å². The summed E-state index contributed by atoms with van der Waals surface area (Å²) in [6.45, 7) is 2.40. The minimum atomic E-state index is -0.137. The molecule has 1 heterocycles. The zero-order chi connectivity index (χ0) is 12.3. The monoisotopic (exact) mass is 299 g/mol. The molecule has 2 rings (SSSR count). The van der Waals surface area contributed by atoms with Gasteiger partial charge in [-0.1, -0.05) is 15.9 Å². The van der Waals surface area contributed by atoms with Crippen molar-refractivity contribution < 1.29 is 9.53 Å². The number of halogens is 1. The van der Waals surface area contributed by atoms with Crippen LogP contribution in [-0.4, -0.2) is 37.2 Å². The first kappa shape index (κ1) is 12.2. The number of hydrogen-bond donors (Lipinski definition) is 2. The minimum absolute atomic E-state index is 0.137. The molecule has 0 radical (unpaired) electrons. The number of rotatable bonds is 1. The van der Waals surface area contributed by atoms with Gasteiger partial charge in [0, 0.05) is 17.6 Å². The molecule has 0 spiro atoms. The van der Waals surface area contributed by atoms with Gasteiger partial charge in [0.05, 0.1) is 24.6 Å². The number of carbonyl (C=O) groups excluding carboxylic acids is 1. The van der Waals surface area contributed by atoms with Gasteiger partial charge in [0.15, 0.2) is 0 Å². The zero-order valence-corrected chi connectivity index (χ0v) is 10.9. The predicted octanol–water partition coefficient (Wildman–Crippen LogP) is 1.90. The Bertz CT molecular complexity index is 419. The van der Waals surface area contributed by atoms with Crippen LogP contribution in [0.1, 0.15) is 0 Å². The van der Waals surface area contributed by atoms with E-state index in [1.807, 2.05) is 6.07 Å². The molecular weight excluding hydrogens is 286 g/mol. The molecule has 1 aromatic rings. The Labute approximate surface area is 108 Å². The van der Waals surface area contributed by atoms with Gasteiger partial charge in [-0.15, -0.1) is 0 Å². The number of ether oxygens (including phenoxy) is 1. The van der Waals surface area contributed by atoms with Gasteiger partial charge >= 0.3 is 6.03 Å². The topological polar surface area (TPSA) is 67.6 Å². The van der Waals surface area contributed by atoms with E-state index in [1.54, 1.807) is 17.0 Å². The Balaban J connectivity index is 2.02. The number of nitrogens with zero attached hydrogens (tertiary/aromatic N) is 1. The van der Waals surface area contributed by atoms with Crippen molar-refractivity contribution in [2.24, 2.45) is 0 Å². The first-order valence-corrected chi connectivity index (χ1v) is 6.15. The number of urea groups is 1. The second-order valence-corrected chi connectivity index (χ2v) is 4.68. The van der Waals surface area contributed by atoms with E-state index in [1.165, 1.54) is 0 Å². The van der Waals surface area contributed by atoms with E-state index < -0.39 is 0 Å². The number of hydrogen-bond acceptors (Lipinski definition) is 3. The normalized spacial score (nSPS) is 15.7. The SMILES string of the molecule is Nc1cc(Br)ccc1NC(=O)N1CCOCC1. The average molecular weight is 300 g/mol. The van der Waals surface area contributed by atoms with Crippen LogP contribution < -0.4 is 11.1 Å². The van der Waals surface area contributed by atoms with Crippen LogP contribution in [0.2, 0.25) is 0 Å². The largest absolute Gasteiger partial charge is 0.397 e. The van der Waals surface area contributed by atoms with Crippen LogP contribution in [0.4, 0.5) is 16.2 Å². The Kier molecular flexibility index (Phi) is 3.86. The smallest absolute Gasteiger partial charge is 0.322 e. The second-order valence-electron chi connectivity index (χ2n) is 3.76. The molecular formula is C11H14BrN3O2. The van der Waals surface area contributed by atoms with Crippen molar-refractivity contribution >= 4 is 33.3 Å². The maximum absolute atomic E-state index is 11.9. The average Bonchev–Trinajstić information content (AvgIpc) is 2.34. The highest BCUT2D eigenvalue weighted by atomic mass is 79.9. The van der Waals surface area contributed by atoms with E-state index in [2.05, 4.69) is 21.2 Å². The fourth-order valence-corrected chi connectivity index (χ4v) is 1.99. The van der Waals surface area contributed by atoms with Crippen LogP contribution in [-0.2, 0) is 4.74 Å². The highest BCUT2D eigenvalue weighted by Gasteiger charge is 2.17. The van der Waals surface area contributed by atoms with Crippen molar-refractivity contribution in [1.29, 1.82) is 0 Å². The summed E-state index contributed by atoms with van der Waals surface area (Å²) < 4.78 is 6.08. The molecule has 1 aliphatic rings. The lowest BCUT2D eigenvalue weighted by Crippen LogP contribution is -2.43. The van der Waals surface area contributed by atoms with Crippen LogP contribution >= 0.6 is 15.9 Å². The summed E-state index contributed by atoms with van der Waals surface area (Å²) in [7, 11) is 0. The molecule has 1 fully saturated rings. The minimum Gasteiger partial charge on any atom is -0.397 e. The van der Waals surface area contributed by atoms with Gasteiger partial charge in [-0.3, -0.25) is 0 Å². The molecule has 1 saturated heterocycles.